The summed E-state index contributed by atoms with van der Waals surface area (Å²) in [5.41, 5.74) is 2.71. The second-order valence-corrected chi connectivity index (χ2v) is 9.08. The maximum absolute atomic E-state index is 11.4. The number of fused-ring (bicyclic) bond motifs is 1. The topological polar surface area (TPSA) is 76.0 Å². The highest BCUT2D eigenvalue weighted by Crippen LogP contribution is 2.43. The van der Waals surface area contributed by atoms with Gasteiger partial charge in [-0.3, -0.25) is 0 Å². The van der Waals surface area contributed by atoms with Gasteiger partial charge in [-0.25, -0.2) is 4.79 Å². The van der Waals surface area contributed by atoms with Crippen LogP contribution in [0.25, 0.3) is 0 Å². The maximum Gasteiger partial charge on any atom is 0.332 e. The van der Waals surface area contributed by atoms with Crippen molar-refractivity contribution >= 4 is 5.97 Å². The molecule has 170 valence electrons. The van der Waals surface area contributed by atoms with Crippen LogP contribution in [0, 0.1) is 23.7 Å². The molecule has 31 heavy (non-hydrogen) atoms. The van der Waals surface area contributed by atoms with Gasteiger partial charge in [0.05, 0.1) is 18.8 Å². The van der Waals surface area contributed by atoms with Crippen LogP contribution >= 0.6 is 0 Å². The predicted octanol–water partition coefficient (Wildman–Crippen LogP) is 3.48. The summed E-state index contributed by atoms with van der Waals surface area (Å²) in [5, 5.41) is 20.3. The molecule has 0 saturated heterocycles. The lowest BCUT2D eigenvalue weighted by Gasteiger charge is -2.42. The number of aliphatic hydroxyl groups is 2. The third-order valence-corrected chi connectivity index (χ3v) is 6.46. The molecule has 1 saturated carbocycles. The summed E-state index contributed by atoms with van der Waals surface area (Å²) >= 11 is 0. The number of benzene rings is 1. The molecule has 3 rings (SSSR count). The third-order valence-electron chi connectivity index (χ3n) is 6.46. The van der Waals surface area contributed by atoms with Gasteiger partial charge in [0.2, 0.25) is 0 Å². The number of carbonyl (C=O) groups excluding carboxylic acids is 1. The van der Waals surface area contributed by atoms with Crippen molar-refractivity contribution in [2.45, 2.75) is 51.7 Å². The standard InChI is InChI=1S/C26H36O5/c1-18(2)31-26(29)17-30-12-6-5-9-24-21(15-23(24)16-27)10-11-25(28)22-13-19-7-3-4-8-20(19)14-22/h3-8,10-11,18,21-25,27-28H,9,12-17H2,1-2H3/t21-,23+,24+,25+/m0/s1. The molecule has 0 aromatic heterocycles. The third kappa shape index (κ3) is 6.76. The summed E-state index contributed by atoms with van der Waals surface area (Å²) in [6, 6.07) is 8.44. The Balaban J connectivity index is 1.40. The van der Waals surface area contributed by atoms with E-state index in [-0.39, 0.29) is 31.2 Å². The van der Waals surface area contributed by atoms with Crippen LogP contribution in [0.3, 0.4) is 0 Å². The van der Waals surface area contributed by atoms with Crippen molar-refractivity contribution in [3.05, 3.63) is 59.7 Å². The van der Waals surface area contributed by atoms with Crippen LogP contribution in [0.1, 0.15) is 37.8 Å². The summed E-state index contributed by atoms with van der Waals surface area (Å²) in [6.07, 6.45) is 11.2. The molecule has 0 bridgehead atoms. The molecule has 0 aliphatic heterocycles. The molecule has 0 amide bonds. The Morgan fingerprint density at radius 2 is 1.90 bits per heavy atom. The summed E-state index contributed by atoms with van der Waals surface area (Å²) in [6.45, 7) is 4.14. The van der Waals surface area contributed by atoms with Crippen LogP contribution in [0.2, 0.25) is 0 Å². The summed E-state index contributed by atoms with van der Waals surface area (Å²) < 4.78 is 10.3. The molecule has 1 aromatic carbocycles. The Hall–Kier alpha value is -1.95. The number of aliphatic hydroxyl groups excluding tert-OH is 2. The van der Waals surface area contributed by atoms with Gasteiger partial charge in [0.15, 0.2) is 0 Å². The molecule has 0 radical (unpaired) electrons. The molecule has 1 aromatic rings. The highest BCUT2D eigenvalue weighted by Gasteiger charge is 2.38. The zero-order valence-corrected chi connectivity index (χ0v) is 18.7. The molecule has 5 nitrogen and oxygen atoms in total. The van der Waals surface area contributed by atoms with E-state index in [1.54, 1.807) is 0 Å². The minimum atomic E-state index is -0.434. The molecule has 2 N–H and O–H groups in total. The first kappa shape index (κ1) is 23.7. The van der Waals surface area contributed by atoms with E-state index in [1.807, 2.05) is 26.0 Å². The molecular formula is C26H36O5. The normalized spacial score (nSPS) is 24.6. The van der Waals surface area contributed by atoms with E-state index in [0.29, 0.717) is 24.4 Å². The first-order chi connectivity index (χ1) is 15.0. The van der Waals surface area contributed by atoms with Gasteiger partial charge in [-0.15, -0.1) is 0 Å². The predicted molar refractivity (Wildman–Crippen MR) is 120 cm³/mol. The van der Waals surface area contributed by atoms with E-state index in [0.717, 1.165) is 25.7 Å². The largest absolute Gasteiger partial charge is 0.461 e. The Labute approximate surface area is 185 Å². The van der Waals surface area contributed by atoms with Gasteiger partial charge in [-0.05, 0) is 74.3 Å². The van der Waals surface area contributed by atoms with Gasteiger partial charge in [0, 0.05) is 6.61 Å². The SMILES string of the molecule is CC(C)OC(=O)COCC=CC[C@H]1[C@@H](CO)C[C@@H]1C=C[C@@H](O)C1Cc2ccccc2C1. The first-order valence-corrected chi connectivity index (χ1v) is 11.4. The second kappa shape index (κ2) is 11.6. The van der Waals surface area contributed by atoms with Crippen molar-refractivity contribution in [2.75, 3.05) is 19.8 Å². The fourth-order valence-corrected chi connectivity index (χ4v) is 4.73. The van der Waals surface area contributed by atoms with Gasteiger partial charge in [-0.2, -0.15) is 0 Å². The van der Waals surface area contributed by atoms with Crippen LogP contribution in [0.4, 0.5) is 0 Å². The Kier molecular flexibility index (Phi) is 8.88. The van der Waals surface area contributed by atoms with E-state index in [2.05, 4.69) is 36.4 Å². The fraction of sp³-hybridized carbons (Fsp3) is 0.577. The van der Waals surface area contributed by atoms with Crippen molar-refractivity contribution < 1.29 is 24.5 Å². The van der Waals surface area contributed by atoms with E-state index < -0.39 is 6.10 Å². The fourth-order valence-electron chi connectivity index (χ4n) is 4.73. The highest BCUT2D eigenvalue weighted by molar-refractivity contribution is 5.70. The Morgan fingerprint density at radius 3 is 2.55 bits per heavy atom. The van der Waals surface area contributed by atoms with Crippen LogP contribution in [0.5, 0.6) is 0 Å². The van der Waals surface area contributed by atoms with Crippen molar-refractivity contribution in [2.24, 2.45) is 23.7 Å². The molecule has 1 fully saturated rings. The number of hydrogen-bond acceptors (Lipinski definition) is 5. The van der Waals surface area contributed by atoms with Gasteiger partial charge < -0.3 is 19.7 Å². The van der Waals surface area contributed by atoms with Gasteiger partial charge in [0.25, 0.3) is 0 Å². The molecule has 2 aliphatic rings. The van der Waals surface area contributed by atoms with Crippen LogP contribution in [-0.2, 0) is 27.1 Å². The van der Waals surface area contributed by atoms with E-state index in [9.17, 15) is 15.0 Å². The zero-order valence-electron chi connectivity index (χ0n) is 18.7. The maximum atomic E-state index is 11.4. The number of hydrogen-bond donors (Lipinski definition) is 2. The molecule has 4 atom stereocenters. The lowest BCUT2D eigenvalue weighted by Crippen LogP contribution is -2.37. The molecule has 0 spiro atoms. The first-order valence-electron chi connectivity index (χ1n) is 11.4. The monoisotopic (exact) mass is 428 g/mol. The minimum Gasteiger partial charge on any atom is -0.461 e. The highest BCUT2D eigenvalue weighted by atomic mass is 16.6. The molecule has 5 heteroatoms. The van der Waals surface area contributed by atoms with Gasteiger partial charge in [-0.1, -0.05) is 48.6 Å². The summed E-state index contributed by atoms with van der Waals surface area (Å²) in [4.78, 5) is 11.4. The number of carbonyl (C=O) groups is 1. The van der Waals surface area contributed by atoms with Gasteiger partial charge >= 0.3 is 5.97 Å². The smallest absolute Gasteiger partial charge is 0.332 e. The molecule has 0 heterocycles. The minimum absolute atomic E-state index is 0.0422. The van der Waals surface area contributed by atoms with Crippen LogP contribution in [0.15, 0.2) is 48.6 Å². The number of ether oxygens (including phenoxy) is 2. The average Bonchev–Trinajstić information content (AvgIpc) is 3.16. The summed E-state index contributed by atoms with van der Waals surface area (Å²) in [5.74, 6) is 0.949. The van der Waals surface area contributed by atoms with Crippen molar-refractivity contribution in [1.82, 2.24) is 0 Å². The molecule has 2 aliphatic carbocycles. The molecule has 0 unspecified atom stereocenters. The van der Waals surface area contributed by atoms with E-state index in [1.165, 1.54) is 11.1 Å². The quantitative estimate of drug-likeness (QED) is 0.321. The average molecular weight is 429 g/mol. The van der Waals surface area contributed by atoms with E-state index >= 15 is 0 Å². The van der Waals surface area contributed by atoms with Crippen LogP contribution in [-0.4, -0.2) is 48.2 Å². The summed E-state index contributed by atoms with van der Waals surface area (Å²) in [7, 11) is 0. The molecular weight excluding hydrogens is 392 g/mol. The Morgan fingerprint density at radius 1 is 1.19 bits per heavy atom. The lowest BCUT2D eigenvalue weighted by molar-refractivity contribution is -0.152. The van der Waals surface area contributed by atoms with E-state index in [4.69, 9.17) is 9.47 Å². The zero-order chi connectivity index (χ0) is 22.2. The lowest BCUT2D eigenvalue weighted by atomic mass is 9.63. The van der Waals surface area contributed by atoms with Crippen molar-refractivity contribution in [3.8, 4) is 0 Å². The van der Waals surface area contributed by atoms with Crippen LogP contribution < -0.4 is 0 Å². The number of allylic oxidation sites excluding steroid dienone is 2. The van der Waals surface area contributed by atoms with Gasteiger partial charge in [0.1, 0.15) is 6.61 Å². The Bertz CT molecular complexity index is 744. The van der Waals surface area contributed by atoms with Crippen molar-refractivity contribution in [1.29, 1.82) is 0 Å². The number of rotatable bonds is 11. The second-order valence-electron chi connectivity index (χ2n) is 9.08. The number of esters is 1. The van der Waals surface area contributed by atoms with Crippen molar-refractivity contribution in [3.63, 3.8) is 0 Å².